The molecule has 0 nitrogen and oxygen atoms in total. The minimum absolute atomic E-state index is 0.332. The second-order valence-corrected chi connectivity index (χ2v) is 3.98. The first-order valence-corrected chi connectivity index (χ1v) is 5.35. The minimum atomic E-state index is -3.31. The van der Waals surface area contributed by atoms with Crippen molar-refractivity contribution in [3.05, 3.63) is 58.7 Å². The lowest BCUT2D eigenvalue weighted by Crippen LogP contribution is -2.04. The quantitative estimate of drug-likeness (QED) is 0.410. The number of benzene rings is 2. The van der Waals surface area contributed by atoms with Crippen molar-refractivity contribution in [1.82, 2.24) is 0 Å². The van der Waals surface area contributed by atoms with Crippen molar-refractivity contribution in [2.24, 2.45) is 0 Å². The van der Waals surface area contributed by atoms with Crippen molar-refractivity contribution in [3.8, 4) is 11.1 Å². The van der Waals surface area contributed by atoms with Gasteiger partial charge in [-0.05, 0) is 17.7 Å². The number of hydrogen-bond donors (Lipinski definition) is 0. The molecule has 0 aliphatic carbocycles. The maximum absolute atomic E-state index is 13.5. The maximum Gasteiger partial charge on any atom is 0.266 e. The molecule has 0 saturated carbocycles. The second kappa shape index (κ2) is 5.34. The van der Waals surface area contributed by atoms with Crippen LogP contribution in [0, 0.1) is 34.9 Å². The molecule has 0 unspecified atom stereocenters. The lowest BCUT2D eigenvalue weighted by molar-refractivity contribution is 0.146. The molecule has 2 aromatic rings. The average Bonchev–Trinajstić information content (AvgIpc) is 2.44. The van der Waals surface area contributed by atoms with E-state index in [2.05, 4.69) is 0 Å². The van der Waals surface area contributed by atoms with E-state index in [9.17, 15) is 35.1 Å². The highest BCUT2D eigenvalue weighted by molar-refractivity contribution is 5.66. The Balaban J connectivity index is 2.77. The Morgan fingerprint density at radius 3 is 1.62 bits per heavy atom. The van der Waals surface area contributed by atoms with Crippen LogP contribution in [0.1, 0.15) is 12.0 Å². The summed E-state index contributed by atoms with van der Waals surface area (Å²) >= 11 is 0. The topological polar surface area (TPSA) is 0 Å². The predicted molar refractivity (Wildman–Crippen MR) is 56.6 cm³/mol. The van der Waals surface area contributed by atoms with Crippen LogP contribution in [0.5, 0.6) is 0 Å². The molecular weight excluding hydrogens is 308 g/mol. The molecule has 0 radical (unpaired) electrons. The minimum Gasteiger partial charge on any atom is -0.206 e. The van der Waals surface area contributed by atoms with E-state index in [-0.39, 0.29) is 0 Å². The third-order valence-electron chi connectivity index (χ3n) is 2.73. The summed E-state index contributed by atoms with van der Waals surface area (Å²) in [5, 5.41) is 0. The molecule has 8 heteroatoms. The van der Waals surface area contributed by atoms with Crippen molar-refractivity contribution >= 4 is 0 Å². The van der Waals surface area contributed by atoms with Gasteiger partial charge in [-0.1, -0.05) is 6.07 Å². The van der Waals surface area contributed by atoms with Gasteiger partial charge >= 0.3 is 0 Å². The molecule has 0 heterocycles. The first kappa shape index (κ1) is 15.3. The normalized spacial score (nSPS) is 11.3. The summed E-state index contributed by atoms with van der Waals surface area (Å²) < 4.78 is 104. The average molecular weight is 312 g/mol. The number of halogens is 8. The molecule has 0 saturated heterocycles. The van der Waals surface area contributed by atoms with Crippen LogP contribution >= 0.6 is 0 Å². The van der Waals surface area contributed by atoms with Gasteiger partial charge in [-0.2, -0.15) is 0 Å². The monoisotopic (exact) mass is 312 g/mol. The molecule has 0 atom stereocenters. The van der Waals surface area contributed by atoms with Crippen LogP contribution in [0.25, 0.3) is 11.1 Å². The van der Waals surface area contributed by atoms with Crippen LogP contribution in [0.15, 0.2) is 18.2 Å². The van der Waals surface area contributed by atoms with E-state index in [4.69, 9.17) is 0 Å². The number of hydrogen-bond acceptors (Lipinski definition) is 0. The lowest BCUT2D eigenvalue weighted by atomic mass is 10.0. The third-order valence-corrected chi connectivity index (χ3v) is 2.73. The van der Waals surface area contributed by atoms with Gasteiger partial charge in [0.1, 0.15) is 5.82 Å². The van der Waals surface area contributed by atoms with E-state index in [0.717, 1.165) is 0 Å². The van der Waals surface area contributed by atoms with Gasteiger partial charge in [0.15, 0.2) is 23.3 Å². The molecule has 0 N–H and O–H groups in total. The van der Waals surface area contributed by atoms with Crippen molar-refractivity contribution in [2.45, 2.75) is 6.43 Å². The molecule has 2 aromatic carbocycles. The van der Waals surface area contributed by atoms with E-state index in [1.54, 1.807) is 0 Å². The first-order valence-electron chi connectivity index (χ1n) is 5.35. The van der Waals surface area contributed by atoms with Crippen molar-refractivity contribution < 1.29 is 35.1 Å². The highest BCUT2D eigenvalue weighted by Gasteiger charge is 2.27. The maximum atomic E-state index is 13.5. The standard InChI is InChI=1S/C13H4F8/c14-6-2-1-4(3-5(6)13(20)21)7-8(15)10(17)12(19)11(18)9(7)16/h1-3,13H. The van der Waals surface area contributed by atoms with Crippen LogP contribution in [0.3, 0.4) is 0 Å². The molecular formula is C13H4F8. The smallest absolute Gasteiger partial charge is 0.206 e. The summed E-state index contributed by atoms with van der Waals surface area (Å²) in [5.41, 5.74) is -3.36. The van der Waals surface area contributed by atoms with Crippen LogP contribution in [-0.4, -0.2) is 0 Å². The molecule has 0 aromatic heterocycles. The van der Waals surface area contributed by atoms with E-state index in [0.29, 0.717) is 18.2 Å². The molecule has 0 amide bonds. The molecule has 0 bridgehead atoms. The predicted octanol–water partition coefficient (Wildman–Crippen LogP) is 5.13. The van der Waals surface area contributed by atoms with Gasteiger partial charge in [-0.3, -0.25) is 0 Å². The van der Waals surface area contributed by atoms with Crippen LogP contribution in [-0.2, 0) is 0 Å². The largest absolute Gasteiger partial charge is 0.266 e. The summed E-state index contributed by atoms with van der Waals surface area (Å²) in [5.74, 6) is -12.5. The van der Waals surface area contributed by atoms with Gasteiger partial charge in [0.2, 0.25) is 5.82 Å². The molecule has 112 valence electrons. The van der Waals surface area contributed by atoms with E-state index in [1.165, 1.54) is 0 Å². The van der Waals surface area contributed by atoms with Gasteiger partial charge in [0, 0.05) is 0 Å². The summed E-state index contributed by atoms with van der Waals surface area (Å²) in [6.07, 6.45) is -3.31. The van der Waals surface area contributed by atoms with Crippen molar-refractivity contribution in [1.29, 1.82) is 0 Å². The van der Waals surface area contributed by atoms with Crippen molar-refractivity contribution in [3.63, 3.8) is 0 Å². The fourth-order valence-corrected chi connectivity index (χ4v) is 1.72. The van der Waals surface area contributed by atoms with Crippen LogP contribution < -0.4 is 0 Å². The summed E-state index contributed by atoms with van der Waals surface area (Å²) in [7, 11) is 0. The molecule has 0 aliphatic heterocycles. The Bertz CT molecular complexity index is 679. The van der Waals surface area contributed by atoms with Crippen LogP contribution in [0.4, 0.5) is 35.1 Å². The van der Waals surface area contributed by atoms with E-state index < -0.39 is 58.0 Å². The number of alkyl halides is 2. The molecule has 0 fully saturated rings. The first-order chi connectivity index (χ1) is 9.75. The third kappa shape index (κ3) is 2.45. The summed E-state index contributed by atoms with van der Waals surface area (Å²) in [6.45, 7) is 0. The van der Waals surface area contributed by atoms with Crippen LogP contribution in [0.2, 0.25) is 0 Å². The Kier molecular flexibility index (Phi) is 3.89. The molecule has 2 rings (SSSR count). The SMILES string of the molecule is Fc1ccc(-c2c(F)c(F)c(F)c(F)c2F)cc1C(F)F. The van der Waals surface area contributed by atoms with Gasteiger partial charge < -0.3 is 0 Å². The van der Waals surface area contributed by atoms with Gasteiger partial charge in [-0.15, -0.1) is 0 Å². The van der Waals surface area contributed by atoms with E-state index in [1.807, 2.05) is 0 Å². The zero-order valence-electron chi connectivity index (χ0n) is 9.83. The summed E-state index contributed by atoms with van der Waals surface area (Å²) in [4.78, 5) is 0. The Morgan fingerprint density at radius 2 is 1.14 bits per heavy atom. The second-order valence-electron chi connectivity index (χ2n) is 3.98. The summed E-state index contributed by atoms with van der Waals surface area (Å²) in [6, 6.07) is 1.42. The van der Waals surface area contributed by atoms with Crippen molar-refractivity contribution in [2.75, 3.05) is 0 Å². The zero-order chi connectivity index (χ0) is 15.9. The van der Waals surface area contributed by atoms with Gasteiger partial charge in [0.05, 0.1) is 11.1 Å². The Hall–Kier alpha value is -2.12. The highest BCUT2D eigenvalue weighted by Crippen LogP contribution is 2.34. The Morgan fingerprint density at radius 1 is 0.667 bits per heavy atom. The van der Waals surface area contributed by atoms with Gasteiger partial charge in [-0.25, -0.2) is 35.1 Å². The fourth-order valence-electron chi connectivity index (χ4n) is 1.72. The highest BCUT2D eigenvalue weighted by atomic mass is 19.3. The molecule has 21 heavy (non-hydrogen) atoms. The fraction of sp³-hybridized carbons (Fsp3) is 0.0769. The Labute approximate surface area is 112 Å². The molecule has 0 spiro atoms. The molecule has 0 aliphatic rings. The number of rotatable bonds is 2. The van der Waals surface area contributed by atoms with E-state index >= 15 is 0 Å². The lowest BCUT2D eigenvalue weighted by Gasteiger charge is -2.10. The zero-order valence-corrected chi connectivity index (χ0v) is 9.83. The van der Waals surface area contributed by atoms with Gasteiger partial charge in [0.25, 0.3) is 6.43 Å².